The first-order chi connectivity index (χ1) is 33.1. The quantitative estimate of drug-likeness (QED) is 0.129. The normalized spacial score (nSPS) is 9.07. The van der Waals surface area contributed by atoms with E-state index in [0.29, 0.717) is 33.4 Å². The fourth-order valence-corrected chi connectivity index (χ4v) is 5.65. The lowest BCUT2D eigenvalue weighted by Crippen LogP contribution is -2.00. The molecule has 352 valence electrons. The van der Waals surface area contributed by atoms with Gasteiger partial charge in [0.2, 0.25) is 0 Å². The fourth-order valence-electron chi connectivity index (χ4n) is 5.65. The first-order valence-corrected chi connectivity index (χ1v) is 22.9. The van der Waals surface area contributed by atoms with Crippen molar-refractivity contribution < 1.29 is 34.5 Å². The molecule has 0 heterocycles. The maximum Gasteiger partial charge on any atom is 0.196 e. The number of aryl methyl sites for hydroxylation is 1. The van der Waals surface area contributed by atoms with E-state index in [-0.39, 0.29) is 40.4 Å². The lowest BCUT2D eigenvalue weighted by Gasteiger charge is -2.02. The lowest BCUT2D eigenvalue weighted by atomic mass is 10.0. The molecule has 68 heavy (non-hydrogen) atoms. The van der Waals surface area contributed by atoms with Gasteiger partial charge in [-0.2, -0.15) is 0 Å². The molecule has 0 saturated heterocycles. The topological polar surface area (TPSA) is 129 Å². The molecule has 7 heteroatoms. The molecule has 8 aromatic rings. The number of carbonyl (C=O) groups excluding carboxylic acids is 4. The summed E-state index contributed by atoms with van der Waals surface area (Å²) in [5.41, 5.74) is 5.72. The molecule has 0 unspecified atom stereocenters. The minimum Gasteiger partial charge on any atom is -0.508 e. The van der Waals surface area contributed by atoms with E-state index < -0.39 is 0 Å². The number of phenolic OH excluding ortho intramolecular Hbond substituents is 3. The Morgan fingerprint density at radius 2 is 0.485 bits per heavy atom. The highest BCUT2D eigenvalue weighted by Gasteiger charge is 2.13. The molecule has 0 aliphatic heterocycles. The summed E-state index contributed by atoms with van der Waals surface area (Å²) >= 11 is 0. The summed E-state index contributed by atoms with van der Waals surface area (Å²) in [6.07, 6.45) is 0. The third-order valence-electron chi connectivity index (χ3n) is 8.88. The zero-order valence-corrected chi connectivity index (χ0v) is 40.8. The molecule has 0 saturated carbocycles. The highest BCUT2D eigenvalue weighted by Crippen LogP contribution is 2.21. The molecule has 0 bridgehead atoms. The van der Waals surface area contributed by atoms with Crippen molar-refractivity contribution in [2.45, 2.75) is 62.3 Å². The van der Waals surface area contributed by atoms with E-state index in [1.165, 1.54) is 29.8 Å². The average molecular weight is 911 g/mol. The number of rotatable bonds is 8. The van der Waals surface area contributed by atoms with E-state index in [1.807, 2.05) is 147 Å². The number of hydrogen-bond acceptors (Lipinski definition) is 7. The van der Waals surface area contributed by atoms with Crippen LogP contribution in [0.2, 0.25) is 0 Å². The van der Waals surface area contributed by atoms with Crippen LogP contribution in [0.5, 0.6) is 17.2 Å². The lowest BCUT2D eigenvalue weighted by molar-refractivity contribution is 0.102. The summed E-state index contributed by atoms with van der Waals surface area (Å²) < 4.78 is 0. The van der Waals surface area contributed by atoms with E-state index >= 15 is 0 Å². The van der Waals surface area contributed by atoms with Gasteiger partial charge >= 0.3 is 0 Å². The summed E-state index contributed by atoms with van der Waals surface area (Å²) in [6.45, 7) is 18.0. The van der Waals surface area contributed by atoms with Gasteiger partial charge in [-0.15, -0.1) is 0 Å². The molecule has 0 radical (unpaired) electrons. The van der Waals surface area contributed by atoms with Crippen LogP contribution in [-0.4, -0.2) is 38.5 Å². The van der Waals surface area contributed by atoms with Crippen molar-refractivity contribution in [2.75, 3.05) is 0 Å². The zero-order valence-electron chi connectivity index (χ0n) is 40.8. The van der Waals surface area contributed by atoms with Crippen LogP contribution in [0.25, 0.3) is 0 Å². The van der Waals surface area contributed by atoms with Gasteiger partial charge in [0.15, 0.2) is 23.1 Å². The summed E-state index contributed by atoms with van der Waals surface area (Å²) in [7, 11) is 0. The average Bonchev–Trinajstić information content (AvgIpc) is 3.42. The number of aromatic hydroxyl groups is 3. The predicted molar refractivity (Wildman–Crippen MR) is 280 cm³/mol. The second-order valence-electron chi connectivity index (χ2n) is 13.2. The Morgan fingerprint density at radius 1 is 0.265 bits per heavy atom. The summed E-state index contributed by atoms with van der Waals surface area (Å²) in [5, 5.41) is 28.1. The van der Waals surface area contributed by atoms with E-state index in [9.17, 15) is 29.4 Å². The summed E-state index contributed by atoms with van der Waals surface area (Å²) in [4.78, 5) is 47.6. The smallest absolute Gasteiger partial charge is 0.196 e. The Labute approximate surface area is 404 Å². The molecular weight excluding hydrogens is 845 g/mol. The molecule has 3 N–H and O–H groups in total. The van der Waals surface area contributed by atoms with Crippen LogP contribution in [0.4, 0.5) is 0 Å². The number of ketones is 4. The van der Waals surface area contributed by atoms with E-state index in [0.717, 1.165) is 11.1 Å². The Hall–Kier alpha value is -8.16. The van der Waals surface area contributed by atoms with E-state index in [4.69, 9.17) is 5.11 Å². The molecule has 0 aromatic heterocycles. The molecule has 0 aliphatic rings. The standard InChI is InChI=1S/C14H12O.3C13H10O2.4C2H6/c1-11-7-9-13(10-8-11)14(15)12-5-3-2-4-6-12;2*14-12-9-5-4-8-11(12)13(15)10-6-2-1-3-7-10;14-12-8-6-11(7-9-12)13(15)10-4-2-1-3-5-10;4*1-2/h2-10H,1H3;3*1-9,14H;4*1-2H3. The van der Waals surface area contributed by atoms with Crippen LogP contribution in [0.1, 0.15) is 125 Å². The number of phenols is 3. The molecule has 0 fully saturated rings. The summed E-state index contributed by atoms with van der Waals surface area (Å²) in [6, 6.07) is 63.2. The van der Waals surface area contributed by atoms with Gasteiger partial charge in [0.25, 0.3) is 0 Å². The molecule has 0 amide bonds. The van der Waals surface area contributed by atoms with Crippen LogP contribution in [0.15, 0.2) is 218 Å². The van der Waals surface area contributed by atoms with Gasteiger partial charge in [-0.25, -0.2) is 0 Å². The van der Waals surface area contributed by atoms with Crippen molar-refractivity contribution >= 4 is 23.1 Å². The van der Waals surface area contributed by atoms with Crippen molar-refractivity contribution in [3.8, 4) is 17.2 Å². The molecule has 0 atom stereocenters. The molecule has 8 aromatic carbocycles. The fraction of sp³-hybridized carbons (Fsp3) is 0.148. The molecule has 0 aliphatic carbocycles. The van der Waals surface area contributed by atoms with Gasteiger partial charge in [0.05, 0.1) is 11.1 Å². The molecular formula is C61H66O7. The van der Waals surface area contributed by atoms with Crippen LogP contribution in [-0.2, 0) is 0 Å². The second-order valence-corrected chi connectivity index (χ2v) is 13.2. The zero-order chi connectivity index (χ0) is 50.7. The maximum absolute atomic E-state index is 12.0. The second kappa shape index (κ2) is 34.2. The van der Waals surface area contributed by atoms with Gasteiger partial charge in [-0.05, 0) is 55.5 Å². The van der Waals surface area contributed by atoms with Crippen molar-refractivity contribution in [1.82, 2.24) is 0 Å². The monoisotopic (exact) mass is 910 g/mol. The third kappa shape index (κ3) is 19.5. The highest BCUT2D eigenvalue weighted by molar-refractivity contribution is 6.11. The van der Waals surface area contributed by atoms with Crippen molar-refractivity contribution in [3.05, 3.63) is 268 Å². The number of benzene rings is 8. The van der Waals surface area contributed by atoms with Gasteiger partial charge in [0.1, 0.15) is 17.2 Å². The number of hydrogen-bond donors (Lipinski definition) is 3. The van der Waals surface area contributed by atoms with Crippen LogP contribution in [0.3, 0.4) is 0 Å². The van der Waals surface area contributed by atoms with Crippen LogP contribution in [0, 0.1) is 6.92 Å². The number of para-hydroxylation sites is 2. The van der Waals surface area contributed by atoms with Crippen molar-refractivity contribution in [2.24, 2.45) is 0 Å². The van der Waals surface area contributed by atoms with E-state index in [2.05, 4.69) is 0 Å². The van der Waals surface area contributed by atoms with Gasteiger partial charge < -0.3 is 15.3 Å². The highest BCUT2D eigenvalue weighted by atomic mass is 16.3. The minimum absolute atomic E-state index is 0.0198. The molecule has 7 nitrogen and oxygen atoms in total. The van der Waals surface area contributed by atoms with Crippen molar-refractivity contribution in [3.63, 3.8) is 0 Å². The first-order valence-electron chi connectivity index (χ1n) is 22.9. The maximum atomic E-state index is 12.0. The summed E-state index contributed by atoms with van der Waals surface area (Å²) in [5.74, 6) is -0.0640. The Bertz CT molecular complexity index is 2420. The van der Waals surface area contributed by atoms with Gasteiger partial charge in [-0.1, -0.05) is 231 Å². The Morgan fingerprint density at radius 3 is 0.765 bits per heavy atom. The first kappa shape index (κ1) is 57.9. The SMILES string of the molecule is CC.CC.CC.CC.Cc1ccc(C(=O)c2ccccc2)cc1.O=C(c1ccccc1)c1ccc(O)cc1.O=C(c1ccccc1)c1ccccc1O.O=C(c1ccccc1)c1ccccc1O. The minimum atomic E-state index is -0.159. The Kier molecular flexibility index (Phi) is 29.1. The predicted octanol–water partition coefficient (Wildman–Crippen LogP) is 15.2. The molecule has 8 rings (SSSR count). The van der Waals surface area contributed by atoms with Crippen LogP contribution < -0.4 is 0 Å². The van der Waals surface area contributed by atoms with Crippen molar-refractivity contribution in [1.29, 1.82) is 0 Å². The third-order valence-corrected chi connectivity index (χ3v) is 8.88. The van der Waals surface area contributed by atoms with Gasteiger partial charge in [-0.3, -0.25) is 19.2 Å². The van der Waals surface area contributed by atoms with E-state index in [1.54, 1.807) is 109 Å². The Balaban J connectivity index is 0.000000431. The number of carbonyl (C=O) groups is 4. The molecule has 0 spiro atoms. The van der Waals surface area contributed by atoms with Crippen LogP contribution >= 0.6 is 0 Å². The van der Waals surface area contributed by atoms with Gasteiger partial charge in [0, 0.05) is 33.4 Å². The largest absolute Gasteiger partial charge is 0.508 e.